The van der Waals surface area contributed by atoms with Crippen LogP contribution in [0.2, 0.25) is 0 Å². The first kappa shape index (κ1) is 30.7. The van der Waals surface area contributed by atoms with Crippen LogP contribution < -0.4 is 0 Å². The van der Waals surface area contributed by atoms with Crippen LogP contribution in [-0.2, 0) is 33.3 Å². The Hall–Kier alpha value is -2.29. The molecule has 1 aliphatic rings. The smallest absolute Gasteiger partial charge is 0.316 e. The second-order valence-corrected chi connectivity index (χ2v) is 10.6. The number of carbonyl (C=O) groups excluding carboxylic acids is 3. The Bertz CT molecular complexity index is 816. The van der Waals surface area contributed by atoms with Crippen molar-refractivity contribution in [3.8, 4) is 0 Å². The molecule has 0 saturated heterocycles. The molecule has 1 aliphatic carbocycles. The Morgan fingerprint density at radius 1 is 1.17 bits per heavy atom. The molecule has 0 heterocycles. The second kappa shape index (κ2) is 13.7. The third-order valence-corrected chi connectivity index (χ3v) is 5.79. The largest absolute Gasteiger partial charge is 0.468 e. The minimum Gasteiger partial charge on any atom is -0.468 e. The molecule has 8 nitrogen and oxygen atoms in total. The van der Waals surface area contributed by atoms with Crippen molar-refractivity contribution in [2.75, 3.05) is 27.6 Å². The minimum atomic E-state index is -0.989. The first-order chi connectivity index (χ1) is 16.2. The van der Waals surface area contributed by atoms with Crippen LogP contribution >= 0.6 is 0 Å². The van der Waals surface area contributed by atoms with E-state index in [9.17, 15) is 19.5 Å². The van der Waals surface area contributed by atoms with E-state index in [4.69, 9.17) is 18.9 Å². The van der Waals surface area contributed by atoms with Gasteiger partial charge in [-0.25, -0.2) is 0 Å². The van der Waals surface area contributed by atoms with E-state index in [1.54, 1.807) is 71.9 Å². The van der Waals surface area contributed by atoms with Crippen molar-refractivity contribution in [1.29, 1.82) is 0 Å². The quantitative estimate of drug-likeness (QED) is 0.257. The maximum Gasteiger partial charge on any atom is 0.316 e. The molecule has 0 spiro atoms. The lowest BCUT2D eigenvalue weighted by Crippen LogP contribution is -2.35. The van der Waals surface area contributed by atoms with Gasteiger partial charge in [0.15, 0.2) is 5.78 Å². The Morgan fingerprint density at radius 2 is 1.83 bits per heavy atom. The molecule has 1 unspecified atom stereocenters. The normalized spacial score (nSPS) is 29.3. The fourth-order valence-corrected chi connectivity index (χ4v) is 3.71. The van der Waals surface area contributed by atoms with Gasteiger partial charge < -0.3 is 24.1 Å². The summed E-state index contributed by atoms with van der Waals surface area (Å²) < 4.78 is 21.4. The molecule has 0 aromatic heterocycles. The lowest BCUT2D eigenvalue weighted by atomic mass is 9.78. The average Bonchev–Trinajstić information content (AvgIpc) is 2.77. The van der Waals surface area contributed by atoms with Crippen LogP contribution in [0.4, 0.5) is 0 Å². The number of aliphatic hydroxyl groups is 1. The van der Waals surface area contributed by atoms with Crippen LogP contribution in [0.25, 0.3) is 0 Å². The fraction of sp³-hybridized carbons (Fsp3) is 0.667. The molecule has 35 heavy (non-hydrogen) atoms. The number of rotatable bonds is 6. The van der Waals surface area contributed by atoms with Gasteiger partial charge in [0.2, 0.25) is 0 Å². The van der Waals surface area contributed by atoms with Crippen LogP contribution in [0.5, 0.6) is 0 Å². The topological polar surface area (TPSA) is 108 Å². The van der Waals surface area contributed by atoms with Gasteiger partial charge in [-0.05, 0) is 54.4 Å². The Morgan fingerprint density at radius 3 is 2.40 bits per heavy atom. The zero-order valence-electron chi connectivity index (χ0n) is 22.3. The van der Waals surface area contributed by atoms with Gasteiger partial charge >= 0.3 is 11.9 Å². The maximum absolute atomic E-state index is 13.2. The highest BCUT2D eigenvalue weighted by Crippen LogP contribution is 2.29. The molecule has 4 atom stereocenters. The van der Waals surface area contributed by atoms with Gasteiger partial charge in [0, 0.05) is 18.4 Å². The van der Waals surface area contributed by atoms with Crippen molar-refractivity contribution in [3.05, 3.63) is 36.0 Å². The van der Waals surface area contributed by atoms with Crippen molar-refractivity contribution >= 4 is 17.7 Å². The molecule has 0 radical (unpaired) electrons. The molecule has 0 fully saturated rings. The molecular formula is C27H42O8. The van der Waals surface area contributed by atoms with E-state index in [2.05, 4.69) is 0 Å². The first-order valence-electron chi connectivity index (χ1n) is 11.8. The van der Waals surface area contributed by atoms with Gasteiger partial charge in [-0.1, -0.05) is 36.0 Å². The van der Waals surface area contributed by atoms with Crippen molar-refractivity contribution in [1.82, 2.24) is 0 Å². The van der Waals surface area contributed by atoms with E-state index in [1.807, 2.05) is 0 Å². The van der Waals surface area contributed by atoms with E-state index in [0.29, 0.717) is 5.57 Å². The zero-order chi connectivity index (χ0) is 26.8. The van der Waals surface area contributed by atoms with Crippen molar-refractivity contribution < 1.29 is 38.4 Å². The lowest BCUT2D eigenvalue weighted by molar-refractivity contribution is -0.157. The third kappa shape index (κ3) is 10.1. The van der Waals surface area contributed by atoms with Gasteiger partial charge in [0.05, 0.1) is 31.3 Å². The van der Waals surface area contributed by atoms with E-state index in [0.717, 1.165) is 0 Å². The molecule has 0 aromatic rings. The molecule has 0 aromatic carbocycles. The van der Waals surface area contributed by atoms with Crippen LogP contribution in [0.15, 0.2) is 36.0 Å². The summed E-state index contributed by atoms with van der Waals surface area (Å²) in [6, 6.07) is 0. The van der Waals surface area contributed by atoms with Gasteiger partial charge in [-0.3, -0.25) is 14.4 Å². The SMILES string of the molecule is COCO[C@@H]1/C=C/C=C/C(C)(C)C(=O)C(C(=O)OC)C/C(C)=C/[C@H](O)C[C@@H]1COC(=O)C(C)(C)C. The summed E-state index contributed by atoms with van der Waals surface area (Å²) in [6.07, 6.45) is 7.48. The van der Waals surface area contributed by atoms with Gasteiger partial charge in [0.25, 0.3) is 0 Å². The molecular weight excluding hydrogens is 452 g/mol. The predicted molar refractivity (Wildman–Crippen MR) is 132 cm³/mol. The zero-order valence-corrected chi connectivity index (χ0v) is 22.3. The molecule has 0 saturated carbocycles. The summed E-state index contributed by atoms with van der Waals surface area (Å²) >= 11 is 0. The summed E-state index contributed by atoms with van der Waals surface area (Å²) in [5.74, 6) is -2.60. The predicted octanol–water partition coefficient (Wildman–Crippen LogP) is 3.78. The van der Waals surface area contributed by atoms with Gasteiger partial charge in [0.1, 0.15) is 12.7 Å². The Kier molecular flexibility index (Phi) is 12.0. The van der Waals surface area contributed by atoms with Gasteiger partial charge in [-0.15, -0.1) is 0 Å². The number of methoxy groups -OCH3 is 2. The standard InChI is InChI=1S/C27H42O8/c1-18-13-20(28)15-19(16-34-25(31)26(2,3)4)22(35-17-32-7)11-9-10-12-27(5,6)23(29)21(14-18)24(30)33-8/h9-13,19-22,28H,14-17H2,1-8H3/b11-9+,12-10+,18-13+/t19-,20+,21?,22-/m1/s1. The van der Waals surface area contributed by atoms with E-state index < -0.39 is 34.9 Å². The maximum atomic E-state index is 13.2. The van der Waals surface area contributed by atoms with Crippen LogP contribution in [0.1, 0.15) is 54.4 Å². The first-order valence-corrected chi connectivity index (χ1v) is 11.8. The Balaban J connectivity index is 3.40. The highest BCUT2D eigenvalue weighted by molar-refractivity contribution is 6.02. The highest BCUT2D eigenvalue weighted by atomic mass is 16.7. The number of carbonyl (C=O) groups is 3. The number of esters is 2. The summed E-state index contributed by atoms with van der Waals surface area (Å²) in [7, 11) is 2.76. The number of allylic oxidation sites excluding steroid dienone is 4. The van der Waals surface area contributed by atoms with Gasteiger partial charge in [-0.2, -0.15) is 0 Å². The van der Waals surface area contributed by atoms with Crippen LogP contribution in [0.3, 0.4) is 0 Å². The summed E-state index contributed by atoms with van der Waals surface area (Å²) in [6.45, 7) is 10.6. The number of aliphatic hydroxyl groups excluding tert-OH is 1. The average molecular weight is 495 g/mol. The number of ketones is 1. The number of hydrogen-bond donors (Lipinski definition) is 1. The van der Waals surface area contributed by atoms with Crippen molar-refractivity contribution in [2.24, 2.45) is 22.7 Å². The second-order valence-electron chi connectivity index (χ2n) is 10.6. The number of ether oxygens (including phenoxy) is 4. The van der Waals surface area contributed by atoms with E-state index >= 15 is 0 Å². The minimum absolute atomic E-state index is 0.0121. The highest BCUT2D eigenvalue weighted by Gasteiger charge is 2.37. The van der Waals surface area contributed by atoms with Crippen LogP contribution in [-0.4, -0.2) is 62.7 Å². The summed E-state index contributed by atoms with van der Waals surface area (Å²) in [5.41, 5.74) is -0.927. The molecule has 1 N–H and O–H groups in total. The van der Waals surface area contributed by atoms with Crippen molar-refractivity contribution in [3.63, 3.8) is 0 Å². The lowest BCUT2D eigenvalue weighted by Gasteiger charge is -2.28. The number of Topliss-reactive ketones (excluding diaryl/α,β-unsaturated/α-hetero) is 1. The van der Waals surface area contributed by atoms with Crippen LogP contribution in [0, 0.1) is 22.7 Å². The number of hydrogen-bond acceptors (Lipinski definition) is 8. The molecule has 8 heteroatoms. The summed E-state index contributed by atoms with van der Waals surface area (Å²) in [4.78, 5) is 38.0. The molecule has 1 rings (SSSR count). The monoisotopic (exact) mass is 494 g/mol. The molecule has 0 aliphatic heterocycles. The van der Waals surface area contributed by atoms with E-state index in [1.165, 1.54) is 14.2 Å². The third-order valence-electron chi connectivity index (χ3n) is 5.79. The molecule has 198 valence electrons. The molecule has 0 amide bonds. The Labute approximate surface area is 209 Å². The van der Waals surface area contributed by atoms with Crippen molar-refractivity contribution in [2.45, 2.75) is 66.6 Å². The summed E-state index contributed by atoms with van der Waals surface area (Å²) in [5, 5.41) is 10.8. The fourth-order valence-electron chi connectivity index (χ4n) is 3.71. The van der Waals surface area contributed by atoms with E-state index in [-0.39, 0.29) is 43.9 Å². The molecule has 0 bridgehead atoms.